The number of H-pyrrole nitrogens is 1. The number of hydrogen-bond donors (Lipinski definition) is 1. The van der Waals surface area contributed by atoms with E-state index in [1.807, 2.05) is 19.2 Å². The van der Waals surface area contributed by atoms with Crippen LogP contribution >= 0.6 is 11.8 Å². The Morgan fingerprint density at radius 3 is 3.00 bits per heavy atom. The number of fused-ring (bicyclic) bond motifs is 2. The molecule has 1 N–H and O–H groups in total. The van der Waals surface area contributed by atoms with Crippen molar-refractivity contribution >= 4 is 22.9 Å². The van der Waals surface area contributed by atoms with Crippen LogP contribution in [0.2, 0.25) is 0 Å². The second-order valence-corrected chi connectivity index (χ2v) is 6.89. The van der Waals surface area contributed by atoms with Gasteiger partial charge in [0.05, 0.1) is 18.8 Å². The van der Waals surface area contributed by atoms with E-state index in [-0.39, 0.29) is 29.4 Å². The SMILES string of the molecule is CC1(C)O[C@H]2[C@H](O1)[C@@H](n1cnc3c(=O)[nH]cnc31)O[C@H]2CSC#N. The van der Waals surface area contributed by atoms with Crippen molar-refractivity contribution in [3.63, 3.8) is 0 Å². The fourth-order valence-electron chi connectivity index (χ4n) is 3.19. The van der Waals surface area contributed by atoms with Gasteiger partial charge in [0.1, 0.15) is 17.6 Å². The number of thiocyanates is 1. The molecule has 10 heteroatoms. The van der Waals surface area contributed by atoms with E-state index in [1.165, 1.54) is 12.7 Å². The summed E-state index contributed by atoms with van der Waals surface area (Å²) in [5.74, 6) is -0.275. The summed E-state index contributed by atoms with van der Waals surface area (Å²) in [6.45, 7) is 3.68. The van der Waals surface area contributed by atoms with Crippen LogP contribution in [0.5, 0.6) is 0 Å². The Hall–Kier alpha value is -1.93. The number of aromatic nitrogens is 4. The largest absolute Gasteiger partial charge is 0.348 e. The zero-order chi connectivity index (χ0) is 16.9. The van der Waals surface area contributed by atoms with Crippen molar-refractivity contribution in [2.24, 2.45) is 0 Å². The molecule has 0 unspecified atom stereocenters. The van der Waals surface area contributed by atoms with E-state index in [0.717, 1.165) is 11.8 Å². The minimum absolute atomic E-state index is 0.241. The van der Waals surface area contributed by atoms with E-state index in [2.05, 4.69) is 15.0 Å². The monoisotopic (exact) mass is 349 g/mol. The number of hydrogen-bond acceptors (Lipinski definition) is 8. The fourth-order valence-corrected chi connectivity index (χ4v) is 3.69. The van der Waals surface area contributed by atoms with Gasteiger partial charge < -0.3 is 19.2 Å². The lowest BCUT2D eigenvalue weighted by atomic mass is 10.1. The van der Waals surface area contributed by atoms with Crippen molar-refractivity contribution in [2.75, 3.05) is 5.75 Å². The molecule has 0 radical (unpaired) electrons. The Kier molecular flexibility index (Phi) is 3.61. The van der Waals surface area contributed by atoms with E-state index in [1.54, 1.807) is 4.57 Å². The first-order valence-electron chi connectivity index (χ1n) is 7.42. The van der Waals surface area contributed by atoms with Crippen LogP contribution in [0.25, 0.3) is 11.2 Å². The molecule has 4 heterocycles. The van der Waals surface area contributed by atoms with E-state index >= 15 is 0 Å². The van der Waals surface area contributed by atoms with Crippen molar-refractivity contribution in [1.29, 1.82) is 5.26 Å². The molecule has 0 saturated carbocycles. The normalized spacial score (nSPS) is 31.2. The maximum atomic E-state index is 11.8. The number of ether oxygens (including phenoxy) is 3. The molecule has 0 amide bonds. The number of aromatic amines is 1. The second kappa shape index (κ2) is 5.56. The van der Waals surface area contributed by atoms with Crippen LogP contribution in [-0.4, -0.2) is 49.4 Å². The molecule has 0 aliphatic carbocycles. The topological polar surface area (TPSA) is 115 Å². The summed E-state index contributed by atoms with van der Waals surface area (Å²) in [4.78, 5) is 22.7. The maximum absolute atomic E-state index is 11.8. The number of thioether (sulfide) groups is 1. The first-order valence-corrected chi connectivity index (χ1v) is 8.41. The first-order chi connectivity index (χ1) is 11.5. The van der Waals surface area contributed by atoms with Gasteiger partial charge in [-0.1, -0.05) is 0 Å². The lowest BCUT2D eigenvalue weighted by Crippen LogP contribution is -2.31. The third kappa shape index (κ3) is 2.41. The summed E-state index contributed by atoms with van der Waals surface area (Å²) >= 11 is 1.11. The van der Waals surface area contributed by atoms with Gasteiger partial charge in [-0.2, -0.15) is 5.26 Å². The number of rotatable bonds is 3. The van der Waals surface area contributed by atoms with Gasteiger partial charge in [0, 0.05) is 5.75 Å². The average Bonchev–Trinajstić information content (AvgIpc) is 3.17. The molecule has 126 valence electrons. The lowest BCUT2D eigenvalue weighted by Gasteiger charge is -2.24. The van der Waals surface area contributed by atoms with E-state index in [0.29, 0.717) is 11.4 Å². The summed E-state index contributed by atoms with van der Waals surface area (Å²) in [5, 5.41) is 10.9. The van der Waals surface area contributed by atoms with Gasteiger partial charge >= 0.3 is 0 Å². The van der Waals surface area contributed by atoms with Crippen LogP contribution in [0, 0.1) is 10.7 Å². The smallest absolute Gasteiger partial charge is 0.278 e. The minimum Gasteiger partial charge on any atom is -0.348 e. The highest BCUT2D eigenvalue weighted by Crippen LogP contribution is 2.44. The standard InChI is InChI=1S/C14H15N5O4S/c1-14(2)22-9-7(3-24-4-15)21-13(10(9)23-14)19-6-18-8-11(19)16-5-17-12(8)20/h5-7,9-10,13H,3H2,1-2H3,(H,16,17,20)/t7-,9+,10-,13-/m0/s1. The van der Waals surface area contributed by atoms with Crippen LogP contribution in [-0.2, 0) is 14.2 Å². The van der Waals surface area contributed by atoms with Crippen LogP contribution < -0.4 is 5.56 Å². The summed E-state index contributed by atoms with van der Waals surface area (Å²) < 4.78 is 19.7. The Bertz CT molecular complexity index is 872. The molecule has 0 bridgehead atoms. The van der Waals surface area contributed by atoms with Gasteiger partial charge in [0.25, 0.3) is 5.56 Å². The van der Waals surface area contributed by atoms with Gasteiger partial charge in [-0.05, 0) is 25.6 Å². The number of imidazole rings is 1. The number of nitriles is 1. The van der Waals surface area contributed by atoms with Crippen molar-refractivity contribution < 1.29 is 14.2 Å². The molecule has 4 rings (SSSR count). The Morgan fingerprint density at radius 1 is 1.42 bits per heavy atom. The molecule has 4 atom stereocenters. The summed E-state index contributed by atoms with van der Waals surface area (Å²) in [6.07, 6.45) is 1.34. The molecule has 0 aromatic carbocycles. The van der Waals surface area contributed by atoms with E-state index in [9.17, 15) is 4.79 Å². The third-order valence-corrected chi connectivity index (χ3v) is 4.70. The van der Waals surface area contributed by atoms with Crippen molar-refractivity contribution in [3.05, 3.63) is 23.0 Å². The zero-order valence-electron chi connectivity index (χ0n) is 13.0. The quantitative estimate of drug-likeness (QED) is 0.807. The molecule has 9 nitrogen and oxygen atoms in total. The molecule has 2 fully saturated rings. The molecule has 2 aromatic heterocycles. The molecule has 2 aliphatic heterocycles. The maximum Gasteiger partial charge on any atom is 0.278 e. The highest BCUT2D eigenvalue weighted by Gasteiger charge is 2.56. The number of nitrogens with one attached hydrogen (secondary N) is 1. The highest BCUT2D eigenvalue weighted by molar-refractivity contribution is 8.03. The van der Waals surface area contributed by atoms with Crippen LogP contribution in [0.3, 0.4) is 0 Å². The Balaban J connectivity index is 1.73. The molecule has 2 saturated heterocycles. The highest BCUT2D eigenvalue weighted by atomic mass is 32.2. The van der Waals surface area contributed by atoms with Crippen LogP contribution in [0.1, 0.15) is 20.1 Å². The van der Waals surface area contributed by atoms with Crippen molar-refractivity contribution in [3.8, 4) is 5.40 Å². The second-order valence-electron chi connectivity index (χ2n) is 6.09. The Labute approximate surface area is 140 Å². The minimum atomic E-state index is -0.742. The molecular weight excluding hydrogens is 334 g/mol. The average molecular weight is 349 g/mol. The van der Waals surface area contributed by atoms with Crippen molar-refractivity contribution in [1.82, 2.24) is 19.5 Å². The van der Waals surface area contributed by atoms with Gasteiger partial charge in [-0.3, -0.25) is 9.36 Å². The summed E-state index contributed by atoms with van der Waals surface area (Å²) in [6, 6.07) is 0. The lowest BCUT2D eigenvalue weighted by molar-refractivity contribution is -0.193. The predicted molar refractivity (Wildman–Crippen MR) is 84.0 cm³/mol. The number of nitrogens with zero attached hydrogens (tertiary/aromatic N) is 4. The fraction of sp³-hybridized carbons (Fsp3) is 0.571. The Morgan fingerprint density at radius 2 is 2.21 bits per heavy atom. The van der Waals surface area contributed by atoms with Crippen LogP contribution in [0.4, 0.5) is 0 Å². The molecule has 24 heavy (non-hydrogen) atoms. The molecular formula is C14H15N5O4S. The molecule has 2 aromatic rings. The predicted octanol–water partition coefficient (Wildman–Crippen LogP) is 0.751. The zero-order valence-corrected chi connectivity index (χ0v) is 13.8. The van der Waals surface area contributed by atoms with E-state index in [4.69, 9.17) is 19.5 Å². The first kappa shape index (κ1) is 15.6. The van der Waals surface area contributed by atoms with Gasteiger partial charge in [0.15, 0.2) is 23.2 Å². The van der Waals surface area contributed by atoms with Gasteiger partial charge in [-0.15, -0.1) is 0 Å². The van der Waals surface area contributed by atoms with Crippen molar-refractivity contribution in [2.45, 2.75) is 44.2 Å². The summed E-state index contributed by atoms with van der Waals surface area (Å²) in [5.41, 5.74) is 0.351. The van der Waals surface area contributed by atoms with Gasteiger partial charge in [-0.25, -0.2) is 9.97 Å². The molecule has 0 spiro atoms. The van der Waals surface area contributed by atoms with Crippen LogP contribution in [0.15, 0.2) is 17.4 Å². The summed E-state index contributed by atoms with van der Waals surface area (Å²) in [7, 11) is 0. The van der Waals surface area contributed by atoms with Gasteiger partial charge in [0.2, 0.25) is 0 Å². The third-order valence-electron chi connectivity index (χ3n) is 4.08. The van der Waals surface area contributed by atoms with E-state index < -0.39 is 12.0 Å². The molecule has 2 aliphatic rings.